The fourth-order valence-corrected chi connectivity index (χ4v) is 11.4. The minimum Gasteiger partial charge on any atom is -0.492 e. The SMILES string of the molecule is C=CC(=O)OCCNC(=O)OCC(CC)(COc1ccc(-c2cccc3c2sc2ccccc23)cc1-c1cccc2c1sc1ccccc12)CSc1nnc(C)s1. The van der Waals surface area contributed by atoms with Gasteiger partial charge in [0.15, 0.2) is 4.34 Å². The van der Waals surface area contributed by atoms with E-state index < -0.39 is 17.5 Å². The third-order valence-corrected chi connectivity index (χ3v) is 14.7. The Morgan fingerprint density at radius 2 is 1.44 bits per heavy atom. The number of thioether (sulfide) groups is 1. The number of aryl methyl sites for hydroxylation is 1. The normalized spacial score (nSPS) is 12.5. The van der Waals surface area contributed by atoms with Crippen molar-refractivity contribution in [1.29, 1.82) is 0 Å². The molecule has 5 aromatic carbocycles. The van der Waals surface area contributed by atoms with Gasteiger partial charge in [-0.15, -0.1) is 32.9 Å². The van der Waals surface area contributed by atoms with Crippen molar-refractivity contribution in [2.24, 2.45) is 5.41 Å². The fraction of sp³-hybridized carbons (Fsp3) is 0.200. The van der Waals surface area contributed by atoms with E-state index in [1.54, 1.807) is 23.1 Å². The number of thiophene rings is 2. The van der Waals surface area contributed by atoms with E-state index in [1.165, 1.54) is 57.2 Å². The standard InChI is InChI=1S/C45H39N3O5S4/c1-4-40(49)51-23-22-46-43(50)53-26-45(5-2,27-54-44-48-47-28(3)55-44)25-52-37-21-20-29(30-14-10-15-33-31-12-6-8-18-38(31)56-41(30)33)24-36(37)35-17-11-16-34-32-13-7-9-19-39(32)57-42(34)35/h4,6-21,24H,1,5,22-23,25-27H2,2-3H3,(H,46,50). The lowest BCUT2D eigenvalue weighted by atomic mass is 9.89. The van der Waals surface area contributed by atoms with E-state index in [1.807, 2.05) is 18.3 Å². The van der Waals surface area contributed by atoms with Crippen molar-refractivity contribution >= 4 is 98.2 Å². The lowest BCUT2D eigenvalue weighted by molar-refractivity contribution is -0.137. The van der Waals surface area contributed by atoms with Crippen LogP contribution in [0.2, 0.25) is 0 Å². The second-order valence-electron chi connectivity index (χ2n) is 13.7. The summed E-state index contributed by atoms with van der Waals surface area (Å²) >= 11 is 6.73. The fourth-order valence-electron chi connectivity index (χ4n) is 6.81. The topological polar surface area (TPSA) is 99.6 Å². The molecule has 0 radical (unpaired) electrons. The molecule has 1 N–H and O–H groups in total. The predicted molar refractivity (Wildman–Crippen MR) is 237 cm³/mol. The summed E-state index contributed by atoms with van der Waals surface area (Å²) in [6.45, 7) is 7.91. The summed E-state index contributed by atoms with van der Waals surface area (Å²) in [5, 5.41) is 17.0. The highest BCUT2D eigenvalue weighted by molar-refractivity contribution is 8.01. The monoisotopic (exact) mass is 829 g/mol. The number of esters is 1. The van der Waals surface area contributed by atoms with Crippen LogP contribution in [0.5, 0.6) is 5.75 Å². The van der Waals surface area contributed by atoms with Crippen LogP contribution in [0.3, 0.4) is 0 Å². The highest BCUT2D eigenvalue weighted by Crippen LogP contribution is 2.46. The lowest BCUT2D eigenvalue weighted by Gasteiger charge is -2.32. The maximum atomic E-state index is 12.9. The van der Waals surface area contributed by atoms with Crippen molar-refractivity contribution in [3.63, 3.8) is 0 Å². The molecule has 1 unspecified atom stereocenters. The van der Waals surface area contributed by atoms with Crippen molar-refractivity contribution in [2.75, 3.05) is 32.1 Å². The number of carbonyl (C=O) groups excluding carboxylic acids is 2. The van der Waals surface area contributed by atoms with E-state index in [-0.39, 0.29) is 26.4 Å². The molecule has 12 heteroatoms. The molecule has 0 aliphatic rings. The second-order valence-corrected chi connectivity index (χ2v) is 18.2. The van der Waals surface area contributed by atoms with Crippen molar-refractivity contribution in [3.8, 4) is 28.0 Å². The molecule has 288 valence electrons. The highest BCUT2D eigenvalue weighted by atomic mass is 32.2. The first-order valence-corrected chi connectivity index (χ1v) is 22.0. The van der Waals surface area contributed by atoms with E-state index in [9.17, 15) is 9.59 Å². The number of ether oxygens (including phenoxy) is 3. The van der Waals surface area contributed by atoms with Crippen molar-refractivity contribution in [3.05, 3.63) is 121 Å². The summed E-state index contributed by atoms with van der Waals surface area (Å²) in [6, 6.07) is 36.7. The molecule has 3 heterocycles. The van der Waals surface area contributed by atoms with Gasteiger partial charge in [-0.3, -0.25) is 0 Å². The summed E-state index contributed by atoms with van der Waals surface area (Å²) in [7, 11) is 0. The molecule has 0 saturated carbocycles. The van der Waals surface area contributed by atoms with Crippen LogP contribution in [0.15, 0.2) is 120 Å². The first-order chi connectivity index (χ1) is 27.8. The van der Waals surface area contributed by atoms with Gasteiger partial charge in [0.05, 0.1) is 13.2 Å². The van der Waals surface area contributed by atoms with Gasteiger partial charge >= 0.3 is 12.1 Å². The Morgan fingerprint density at radius 3 is 2.11 bits per heavy atom. The van der Waals surface area contributed by atoms with Gasteiger partial charge in [-0.1, -0.05) is 115 Å². The molecule has 1 amide bonds. The van der Waals surface area contributed by atoms with Gasteiger partial charge in [0.25, 0.3) is 0 Å². The molecule has 1 atom stereocenters. The molecule has 8 rings (SSSR count). The van der Waals surface area contributed by atoms with Crippen LogP contribution in [0.25, 0.3) is 62.6 Å². The molecular weight excluding hydrogens is 791 g/mol. The minimum atomic E-state index is -0.601. The molecule has 0 aliphatic heterocycles. The zero-order valence-electron chi connectivity index (χ0n) is 31.4. The summed E-state index contributed by atoms with van der Waals surface area (Å²) in [5.74, 6) is 0.773. The van der Waals surface area contributed by atoms with Crippen molar-refractivity contribution in [1.82, 2.24) is 15.5 Å². The zero-order chi connectivity index (χ0) is 39.4. The summed E-state index contributed by atoms with van der Waals surface area (Å²) in [5.41, 5.74) is 3.79. The first kappa shape index (κ1) is 38.6. The van der Waals surface area contributed by atoms with E-state index in [4.69, 9.17) is 14.2 Å². The van der Waals surface area contributed by atoms with E-state index >= 15 is 0 Å². The molecule has 0 bridgehead atoms. The molecule has 0 aliphatic carbocycles. The number of benzene rings is 5. The Morgan fingerprint density at radius 1 is 0.772 bits per heavy atom. The van der Waals surface area contributed by atoms with Crippen LogP contribution in [-0.2, 0) is 14.3 Å². The Hall–Kier alpha value is -5.27. The molecule has 57 heavy (non-hydrogen) atoms. The second kappa shape index (κ2) is 17.1. The third kappa shape index (κ3) is 8.26. The zero-order valence-corrected chi connectivity index (χ0v) is 34.7. The number of hydrogen-bond donors (Lipinski definition) is 1. The Kier molecular flexibility index (Phi) is 11.6. The highest BCUT2D eigenvalue weighted by Gasteiger charge is 2.33. The van der Waals surface area contributed by atoms with Gasteiger partial charge in [0.2, 0.25) is 0 Å². The molecular formula is C45H39N3O5S4. The number of aromatic nitrogens is 2. The third-order valence-electron chi connectivity index (χ3n) is 9.97. The largest absolute Gasteiger partial charge is 0.492 e. The van der Waals surface area contributed by atoms with Crippen LogP contribution in [0, 0.1) is 12.3 Å². The Balaban J connectivity index is 1.16. The predicted octanol–water partition coefficient (Wildman–Crippen LogP) is 11.9. The van der Waals surface area contributed by atoms with Crippen LogP contribution >= 0.6 is 45.8 Å². The van der Waals surface area contributed by atoms with Crippen LogP contribution < -0.4 is 10.1 Å². The van der Waals surface area contributed by atoms with E-state index in [0.29, 0.717) is 12.2 Å². The number of hydrogen-bond acceptors (Lipinski definition) is 11. The van der Waals surface area contributed by atoms with Crippen LogP contribution in [0.4, 0.5) is 4.79 Å². The van der Waals surface area contributed by atoms with Gasteiger partial charge in [0, 0.05) is 68.7 Å². The number of alkyl carbamates (subject to hydrolysis) is 1. The number of rotatable bonds is 15. The molecule has 3 aromatic heterocycles. The van der Waals surface area contributed by atoms with Crippen molar-refractivity contribution < 1.29 is 23.8 Å². The average molecular weight is 830 g/mol. The Labute approximate surface area is 346 Å². The molecule has 0 fully saturated rings. The maximum Gasteiger partial charge on any atom is 0.407 e. The quantitative estimate of drug-likeness (QED) is 0.0472. The number of nitrogens with zero attached hydrogens (tertiary/aromatic N) is 2. The van der Waals surface area contributed by atoms with Crippen molar-refractivity contribution in [2.45, 2.75) is 24.6 Å². The van der Waals surface area contributed by atoms with Gasteiger partial charge in [-0.05, 0) is 48.7 Å². The number of amides is 1. The van der Waals surface area contributed by atoms with Crippen LogP contribution in [0.1, 0.15) is 18.4 Å². The number of nitrogens with one attached hydrogen (secondary N) is 1. The van der Waals surface area contributed by atoms with E-state index in [0.717, 1.165) is 37.9 Å². The summed E-state index contributed by atoms with van der Waals surface area (Å²) in [6.07, 6.45) is 1.14. The average Bonchev–Trinajstić information content (AvgIpc) is 3.96. The number of fused-ring (bicyclic) bond motifs is 6. The lowest BCUT2D eigenvalue weighted by Crippen LogP contribution is -2.39. The smallest absolute Gasteiger partial charge is 0.407 e. The summed E-state index contributed by atoms with van der Waals surface area (Å²) < 4.78 is 23.5. The maximum absolute atomic E-state index is 12.9. The number of carbonyl (C=O) groups is 2. The van der Waals surface area contributed by atoms with Crippen LogP contribution in [-0.4, -0.2) is 54.4 Å². The van der Waals surface area contributed by atoms with E-state index in [2.05, 4.69) is 132 Å². The molecule has 8 aromatic rings. The molecule has 8 nitrogen and oxygen atoms in total. The first-order valence-electron chi connectivity index (χ1n) is 18.6. The van der Waals surface area contributed by atoms with Gasteiger partial charge in [0.1, 0.15) is 24.0 Å². The van der Waals surface area contributed by atoms with Gasteiger partial charge in [-0.25, -0.2) is 9.59 Å². The Bertz CT molecular complexity index is 2750. The molecule has 0 saturated heterocycles. The molecule has 0 spiro atoms. The summed E-state index contributed by atoms with van der Waals surface area (Å²) in [4.78, 5) is 24.3. The minimum absolute atomic E-state index is 0.0109. The van der Waals surface area contributed by atoms with Gasteiger partial charge in [-0.2, -0.15) is 0 Å². The van der Waals surface area contributed by atoms with Gasteiger partial charge < -0.3 is 19.5 Å².